The number of hydrogen-bond donors (Lipinski definition) is 0. The van der Waals surface area contributed by atoms with E-state index in [1.54, 1.807) is 12.1 Å². The molecule has 0 spiro atoms. The van der Waals surface area contributed by atoms with Crippen LogP contribution in [0.4, 0.5) is 17.6 Å². The molecule has 0 N–H and O–H groups in total. The van der Waals surface area contributed by atoms with E-state index >= 15 is 0 Å². The summed E-state index contributed by atoms with van der Waals surface area (Å²) >= 11 is 0. The summed E-state index contributed by atoms with van der Waals surface area (Å²) in [7, 11) is 0. The Hall–Kier alpha value is -14.4. The fourth-order valence-corrected chi connectivity index (χ4v) is 18.8. The second-order valence-corrected chi connectivity index (χ2v) is 32.2. The minimum Gasteiger partial charge on any atom is -1.00 e. The molecular formula is C117H78F4K2N10O3. The van der Waals surface area contributed by atoms with Crippen molar-refractivity contribution in [3.8, 4) is 124 Å². The van der Waals surface area contributed by atoms with Gasteiger partial charge in [-0.25, -0.2) is 33.7 Å². The van der Waals surface area contributed by atoms with E-state index in [-0.39, 0.29) is 124 Å². The summed E-state index contributed by atoms with van der Waals surface area (Å²) in [4.78, 5) is 40.3. The molecule has 19 heteroatoms. The van der Waals surface area contributed by atoms with Crippen LogP contribution in [0.5, 0.6) is 0 Å². The van der Waals surface area contributed by atoms with E-state index in [2.05, 4.69) is 343 Å². The third-order valence-electron chi connectivity index (χ3n) is 24.6. The molecular weight excluding hydrogens is 1750 g/mol. The zero-order valence-electron chi connectivity index (χ0n) is 73.9. The van der Waals surface area contributed by atoms with Gasteiger partial charge in [-0.1, -0.05) is 359 Å². The van der Waals surface area contributed by atoms with E-state index in [9.17, 15) is 17.6 Å². The van der Waals surface area contributed by atoms with Crippen LogP contribution in [-0.2, 0) is 16.1 Å². The smallest absolute Gasteiger partial charge is 1.00 e. The number of pyridine rings is 2. The van der Waals surface area contributed by atoms with Gasteiger partial charge in [0, 0.05) is 82.0 Å². The minimum absolute atomic E-state index is 0. The first kappa shape index (κ1) is 90.8. The molecule has 0 amide bonds. The first-order valence-corrected chi connectivity index (χ1v) is 43.4. The normalized spacial score (nSPS) is 11.2. The maximum absolute atomic E-state index is 14.4. The molecule has 0 saturated carbocycles. The fraction of sp³-hybridized carbons (Fsp3) is 0.0171. The monoisotopic (exact) mass is 1820 g/mol. The van der Waals surface area contributed by atoms with Gasteiger partial charge in [0.05, 0.1) is 72.5 Å². The summed E-state index contributed by atoms with van der Waals surface area (Å²) in [6.45, 7) is -0.181. The molecule has 0 atom stereocenters. The summed E-state index contributed by atoms with van der Waals surface area (Å²) < 4.78 is 66.0. The molecule has 13 nitrogen and oxygen atoms in total. The van der Waals surface area contributed by atoms with E-state index in [1.807, 2.05) is 84.9 Å². The molecule has 16 aromatic carbocycles. The standard InChI is InChI=1S/C75H47N7.C27H15F4N3.C13H10.CH2O3.CH4.2K.H/c1-3-24-48(25-4-1)60-47-61(77-73(76-60)49-26-5-2-6-27-49)50-28-23-29-51(46-50)70-71(79-62-38-15-7-30-52(62)53-31-8-16-39-63(53)79)74(81-66-42-19-11-34-56(66)57-35-12-20-43-67(57)81)78-75(82-68-44-21-13-36-58(68)59-37-14-22-45-69(59)82)72(70)80-64-40-17-9-32-54(64)55-33-10-18-41-65(55)80;28-23-22(24(29)26(31)34-25(23)30)19-13-7-12-18(14-19)21-15-20(16-8-3-1-4-9-16)32-27(33-21)17-10-5-2-6-11-17;1-3-7-12-10(5-1)9-11-6-2-4-8-13(11)12;2-1-4-3;;;;/h1-47H;1-15H;1-8H,9H2;1,3H;1H4;;;/q;;;;;2*+1;-1/p-1. The number of carbonyl (C=O) groups is 1. The van der Waals surface area contributed by atoms with Gasteiger partial charge >= 0.3 is 103 Å². The van der Waals surface area contributed by atoms with Crippen LogP contribution in [0, 0.1) is 23.5 Å². The number of benzene rings is 16. The Morgan fingerprint density at radius 1 is 0.265 bits per heavy atom. The maximum Gasteiger partial charge on any atom is 1.00 e. The Morgan fingerprint density at radius 2 is 0.507 bits per heavy atom. The van der Waals surface area contributed by atoms with Crippen LogP contribution in [0.2, 0.25) is 0 Å². The summed E-state index contributed by atoms with van der Waals surface area (Å²) in [5, 5.41) is 17.6. The average Bonchev–Trinajstić information content (AvgIpc) is 1.64. The number of nitrogens with zero attached hydrogens (tertiary/aromatic N) is 10. The Labute approximate surface area is 866 Å². The quantitative estimate of drug-likeness (QED) is 0.0275. The predicted molar refractivity (Wildman–Crippen MR) is 530 cm³/mol. The Bertz CT molecular complexity index is 8010. The fourth-order valence-electron chi connectivity index (χ4n) is 18.8. The largest absolute Gasteiger partial charge is 1.00 e. The van der Waals surface area contributed by atoms with Crippen LogP contribution in [-0.4, -0.2) is 54.6 Å². The topological polar surface area (TPSA) is 146 Å². The first-order valence-electron chi connectivity index (χ1n) is 43.4. The van der Waals surface area contributed by atoms with Gasteiger partial charge in [0.25, 0.3) is 18.4 Å². The van der Waals surface area contributed by atoms with Gasteiger partial charge < -0.3 is 20.7 Å². The molecule has 1 aliphatic carbocycles. The molecule has 136 heavy (non-hydrogen) atoms. The Balaban J connectivity index is 0.000000186. The van der Waals surface area contributed by atoms with Gasteiger partial charge in [-0.3, -0.25) is 13.9 Å². The first-order chi connectivity index (χ1) is 65.6. The van der Waals surface area contributed by atoms with E-state index < -0.39 is 29.1 Å². The van der Waals surface area contributed by atoms with Crippen LogP contribution in [0.15, 0.2) is 425 Å². The van der Waals surface area contributed by atoms with Gasteiger partial charge in [-0.2, -0.15) is 13.8 Å². The van der Waals surface area contributed by atoms with Crippen molar-refractivity contribution in [2.45, 2.75) is 13.8 Å². The van der Waals surface area contributed by atoms with E-state index in [1.165, 1.54) is 40.5 Å². The number of rotatable bonds is 13. The second kappa shape index (κ2) is 39.6. The SMILES string of the molecule is C.Fc1nc(F)c(F)c(-c2cccc(-c3cc(-c4ccccc4)nc(-c4ccccc4)n3)c2)c1F.O=CO[O-].[H-].[K+].[K+].c1ccc(-c2cc(-c3cccc(-c4c(-n5c6ccccc6c6ccccc65)c(-n5c6ccccc6c6ccccc65)nc(-n5c6ccccc6c6ccccc65)c4-n4c5ccccc5c5ccccc54)c3)nc(-c3ccccc3)n2)cc1.c1ccc2c(c1)Cc1ccccc1-2. The van der Waals surface area contributed by atoms with Crippen LogP contribution in [0.25, 0.3) is 211 Å². The third kappa shape index (κ3) is 16.8. The molecule has 1 aliphatic rings. The molecule has 0 bridgehead atoms. The van der Waals surface area contributed by atoms with Crippen molar-refractivity contribution in [1.82, 2.24) is 48.2 Å². The molecule has 25 rings (SSSR count). The Morgan fingerprint density at radius 3 is 0.816 bits per heavy atom. The summed E-state index contributed by atoms with van der Waals surface area (Å²) in [6.07, 6.45) is 1.10. The molecule has 0 unspecified atom stereocenters. The van der Waals surface area contributed by atoms with Crippen LogP contribution >= 0.6 is 0 Å². The summed E-state index contributed by atoms with van der Waals surface area (Å²) in [5.74, 6) is -3.86. The number of hydrogen-bond acceptors (Lipinski definition) is 9. The van der Waals surface area contributed by atoms with E-state index in [0.29, 0.717) is 28.6 Å². The minimum atomic E-state index is -1.71. The predicted octanol–water partition coefficient (Wildman–Crippen LogP) is 22.5. The van der Waals surface area contributed by atoms with Crippen molar-refractivity contribution in [3.05, 3.63) is 459 Å². The number of halogens is 4. The van der Waals surface area contributed by atoms with Crippen LogP contribution in [0.3, 0.4) is 0 Å². The number of carbonyl (C=O) groups excluding carboxylic acids is 1. The average molecular weight is 1830 g/mol. The zero-order chi connectivity index (χ0) is 89.6. The second-order valence-electron chi connectivity index (χ2n) is 32.2. The van der Waals surface area contributed by atoms with Gasteiger partial charge in [-0.05, 0) is 113 Å². The van der Waals surface area contributed by atoms with Crippen molar-refractivity contribution in [3.63, 3.8) is 0 Å². The third-order valence-corrected chi connectivity index (χ3v) is 24.6. The van der Waals surface area contributed by atoms with Crippen molar-refractivity contribution in [2.24, 2.45) is 0 Å². The van der Waals surface area contributed by atoms with Gasteiger partial charge in [0.2, 0.25) is 0 Å². The van der Waals surface area contributed by atoms with Gasteiger partial charge in [0.1, 0.15) is 11.4 Å². The molecule has 0 aliphatic heterocycles. The van der Waals surface area contributed by atoms with Crippen molar-refractivity contribution in [2.75, 3.05) is 0 Å². The van der Waals surface area contributed by atoms with Crippen LogP contribution in [0.1, 0.15) is 20.0 Å². The van der Waals surface area contributed by atoms with Crippen LogP contribution < -0.4 is 108 Å². The number of fused-ring (bicyclic) bond motifs is 15. The Kier molecular flexibility index (Phi) is 26.5. The number of para-hydroxylation sites is 8. The molecule has 0 radical (unpaired) electrons. The molecule has 0 fully saturated rings. The summed E-state index contributed by atoms with van der Waals surface area (Å²) in [5.41, 5.74) is 25.0. The zero-order valence-corrected chi connectivity index (χ0v) is 79.2. The molecule has 8 heterocycles. The van der Waals surface area contributed by atoms with E-state index in [4.69, 9.17) is 30.0 Å². The molecule has 644 valence electrons. The number of aromatic nitrogens is 10. The van der Waals surface area contributed by atoms with Crippen molar-refractivity contribution >= 4 is 93.7 Å². The van der Waals surface area contributed by atoms with Crippen molar-refractivity contribution in [1.29, 1.82) is 0 Å². The van der Waals surface area contributed by atoms with Crippen molar-refractivity contribution < 1.29 is 137 Å². The summed E-state index contributed by atoms with van der Waals surface area (Å²) in [6, 6.07) is 146. The maximum atomic E-state index is 14.4. The molecule has 8 aromatic heterocycles. The van der Waals surface area contributed by atoms with Gasteiger partial charge in [0.15, 0.2) is 34.9 Å². The molecule has 0 saturated heterocycles. The molecule has 24 aromatic rings. The van der Waals surface area contributed by atoms with E-state index in [0.717, 1.165) is 167 Å². The van der Waals surface area contributed by atoms with Gasteiger partial charge in [-0.15, -0.1) is 0 Å².